The maximum absolute atomic E-state index is 12.6. The molecule has 0 aliphatic carbocycles. The number of fused-ring (bicyclic) bond motifs is 1. The highest BCUT2D eigenvalue weighted by Gasteiger charge is 2.16. The summed E-state index contributed by atoms with van der Waals surface area (Å²) in [5, 5.41) is 11.6. The van der Waals surface area contributed by atoms with Crippen LogP contribution in [0.3, 0.4) is 0 Å². The molecule has 8 heteroatoms. The van der Waals surface area contributed by atoms with Gasteiger partial charge in [0.25, 0.3) is 5.95 Å². The predicted molar refractivity (Wildman–Crippen MR) is 115 cm³/mol. The number of anilines is 1. The van der Waals surface area contributed by atoms with Crippen molar-refractivity contribution < 1.29 is 9.21 Å². The lowest BCUT2D eigenvalue weighted by atomic mass is 10.2. The van der Waals surface area contributed by atoms with Gasteiger partial charge >= 0.3 is 0 Å². The maximum Gasteiger partial charge on any atom is 0.252 e. The van der Waals surface area contributed by atoms with Crippen molar-refractivity contribution in [3.8, 4) is 5.95 Å². The van der Waals surface area contributed by atoms with E-state index < -0.39 is 0 Å². The second-order valence-corrected chi connectivity index (χ2v) is 7.37. The molecule has 0 bridgehead atoms. The second-order valence-electron chi connectivity index (χ2n) is 7.37. The Balaban J connectivity index is 1.44. The summed E-state index contributed by atoms with van der Waals surface area (Å²) in [6.07, 6.45) is 0. The summed E-state index contributed by atoms with van der Waals surface area (Å²) in [6.45, 7) is 7.74. The zero-order chi connectivity index (χ0) is 21.3. The van der Waals surface area contributed by atoms with Gasteiger partial charge in [-0.2, -0.15) is 9.78 Å². The van der Waals surface area contributed by atoms with Gasteiger partial charge in [-0.05, 0) is 45.9 Å². The van der Waals surface area contributed by atoms with E-state index in [2.05, 4.69) is 25.7 Å². The summed E-state index contributed by atoms with van der Waals surface area (Å²) >= 11 is 0. The average molecular weight is 404 g/mol. The molecule has 0 aliphatic rings. The van der Waals surface area contributed by atoms with Gasteiger partial charge in [-0.15, -0.1) is 0 Å². The van der Waals surface area contributed by atoms with Crippen LogP contribution in [-0.4, -0.2) is 32.2 Å². The summed E-state index contributed by atoms with van der Waals surface area (Å²) in [4.78, 5) is 21.4. The first-order valence-corrected chi connectivity index (χ1v) is 9.80. The molecule has 2 N–H and O–H groups in total. The van der Waals surface area contributed by atoms with E-state index in [1.807, 2.05) is 64.1 Å². The fraction of sp³-hybridized carbons (Fsp3) is 0.273. The number of aryl methyl sites for hydroxylation is 3. The Labute approximate surface area is 174 Å². The number of aromatic nitrogens is 4. The molecule has 0 saturated carbocycles. The Morgan fingerprint density at radius 2 is 1.80 bits per heavy atom. The number of furan rings is 1. The van der Waals surface area contributed by atoms with E-state index in [-0.39, 0.29) is 18.5 Å². The highest BCUT2D eigenvalue weighted by atomic mass is 16.3. The Hall–Kier alpha value is -3.52. The fourth-order valence-corrected chi connectivity index (χ4v) is 3.29. The second kappa shape index (κ2) is 8.08. The van der Waals surface area contributed by atoms with Gasteiger partial charge < -0.3 is 9.73 Å². The molecule has 0 aliphatic heterocycles. The largest absolute Gasteiger partial charge is 0.459 e. The number of carbonyl (C=O) groups excluding carboxylic acids is 1. The van der Waals surface area contributed by atoms with E-state index >= 15 is 0 Å². The molecule has 0 saturated heterocycles. The number of carbonyl (C=O) groups is 1. The third-order valence-electron chi connectivity index (χ3n) is 4.70. The van der Waals surface area contributed by atoms with Crippen LogP contribution < -0.4 is 10.6 Å². The van der Waals surface area contributed by atoms with Crippen LogP contribution in [0.4, 0.5) is 5.82 Å². The lowest BCUT2D eigenvalue weighted by Crippen LogP contribution is -2.30. The third kappa shape index (κ3) is 4.23. The molecule has 0 spiro atoms. The van der Waals surface area contributed by atoms with Gasteiger partial charge in [-0.25, -0.2) is 9.97 Å². The maximum atomic E-state index is 12.6. The first-order valence-electron chi connectivity index (χ1n) is 9.80. The van der Waals surface area contributed by atoms with Crippen molar-refractivity contribution in [3.05, 3.63) is 65.3 Å². The van der Waals surface area contributed by atoms with E-state index in [1.54, 1.807) is 10.7 Å². The van der Waals surface area contributed by atoms with E-state index in [4.69, 9.17) is 4.42 Å². The summed E-state index contributed by atoms with van der Waals surface area (Å²) in [5.41, 5.74) is 3.27. The molecule has 1 unspecified atom stereocenters. The van der Waals surface area contributed by atoms with Crippen LogP contribution in [0.15, 0.2) is 46.9 Å². The lowest BCUT2D eigenvalue weighted by Gasteiger charge is -2.12. The van der Waals surface area contributed by atoms with Crippen molar-refractivity contribution in [2.24, 2.45) is 0 Å². The molecular weight excluding hydrogens is 380 g/mol. The highest BCUT2D eigenvalue weighted by molar-refractivity contribution is 5.91. The molecule has 4 aromatic rings. The highest BCUT2D eigenvalue weighted by Crippen LogP contribution is 2.23. The minimum Gasteiger partial charge on any atom is -0.459 e. The standard InChI is InChI=1S/C22H24N6O2/c1-13-9-14(2)25-22(24-13)28-20(10-15(3)27-28)26-21(29)12-23-16(4)19-11-17-7-5-6-8-18(17)30-19/h5-11,16,23H,12H2,1-4H3,(H,26,29). The number of hydrogen-bond donors (Lipinski definition) is 2. The third-order valence-corrected chi connectivity index (χ3v) is 4.70. The molecule has 0 fully saturated rings. The number of nitrogens with zero attached hydrogens (tertiary/aromatic N) is 4. The van der Waals surface area contributed by atoms with Crippen molar-refractivity contribution in [3.63, 3.8) is 0 Å². The minimum atomic E-state index is -0.191. The van der Waals surface area contributed by atoms with Gasteiger partial charge in [0.2, 0.25) is 5.91 Å². The predicted octanol–water partition coefficient (Wildman–Crippen LogP) is 3.62. The number of para-hydroxylation sites is 1. The quantitative estimate of drug-likeness (QED) is 0.509. The number of benzene rings is 1. The summed E-state index contributed by atoms with van der Waals surface area (Å²) < 4.78 is 7.41. The van der Waals surface area contributed by atoms with Crippen molar-refractivity contribution in [1.82, 2.24) is 25.1 Å². The summed E-state index contributed by atoms with van der Waals surface area (Å²) in [6, 6.07) is 13.4. The Bertz CT molecular complexity index is 1160. The van der Waals surface area contributed by atoms with Crippen LogP contribution >= 0.6 is 0 Å². The Morgan fingerprint density at radius 1 is 1.07 bits per heavy atom. The van der Waals surface area contributed by atoms with Crippen LogP contribution in [0.25, 0.3) is 16.9 Å². The molecule has 0 radical (unpaired) electrons. The first-order chi connectivity index (χ1) is 14.4. The number of nitrogens with one attached hydrogen (secondary N) is 2. The van der Waals surface area contributed by atoms with Gasteiger partial charge in [0.1, 0.15) is 17.2 Å². The monoisotopic (exact) mass is 404 g/mol. The normalized spacial score (nSPS) is 12.3. The fourth-order valence-electron chi connectivity index (χ4n) is 3.29. The molecule has 8 nitrogen and oxygen atoms in total. The average Bonchev–Trinajstić information content (AvgIpc) is 3.28. The summed E-state index contributed by atoms with van der Waals surface area (Å²) in [7, 11) is 0. The van der Waals surface area contributed by atoms with E-state index in [9.17, 15) is 4.79 Å². The molecule has 1 atom stereocenters. The molecule has 154 valence electrons. The van der Waals surface area contributed by atoms with Crippen LogP contribution in [-0.2, 0) is 4.79 Å². The van der Waals surface area contributed by atoms with Crippen LogP contribution in [0, 0.1) is 20.8 Å². The molecule has 1 aromatic carbocycles. The van der Waals surface area contributed by atoms with Crippen LogP contribution in [0.2, 0.25) is 0 Å². The zero-order valence-electron chi connectivity index (χ0n) is 17.4. The Kier molecular flexibility index (Phi) is 5.33. The number of amides is 1. The van der Waals surface area contributed by atoms with Crippen molar-refractivity contribution in [2.75, 3.05) is 11.9 Å². The zero-order valence-corrected chi connectivity index (χ0v) is 17.4. The van der Waals surface area contributed by atoms with Gasteiger partial charge in [0.15, 0.2) is 0 Å². The minimum absolute atomic E-state index is 0.113. The number of hydrogen-bond acceptors (Lipinski definition) is 6. The molecule has 1 amide bonds. The topological polar surface area (TPSA) is 97.9 Å². The van der Waals surface area contributed by atoms with Crippen molar-refractivity contribution in [1.29, 1.82) is 0 Å². The molecule has 4 rings (SSSR count). The van der Waals surface area contributed by atoms with Gasteiger partial charge in [-0.3, -0.25) is 10.1 Å². The van der Waals surface area contributed by atoms with Crippen LogP contribution in [0.5, 0.6) is 0 Å². The smallest absolute Gasteiger partial charge is 0.252 e. The molecule has 3 heterocycles. The van der Waals surface area contributed by atoms with Crippen molar-refractivity contribution >= 4 is 22.7 Å². The molecule has 30 heavy (non-hydrogen) atoms. The summed E-state index contributed by atoms with van der Waals surface area (Å²) in [5.74, 6) is 1.55. The number of rotatable bonds is 6. The van der Waals surface area contributed by atoms with Gasteiger partial charge in [0, 0.05) is 22.8 Å². The van der Waals surface area contributed by atoms with E-state index in [1.165, 1.54) is 0 Å². The van der Waals surface area contributed by atoms with Gasteiger partial charge in [0.05, 0.1) is 18.3 Å². The molecule has 3 aromatic heterocycles. The van der Waals surface area contributed by atoms with Crippen LogP contribution in [0.1, 0.15) is 35.8 Å². The SMILES string of the molecule is Cc1cc(C)nc(-n2nc(C)cc2NC(=O)CNC(C)c2cc3ccccc3o2)n1. The van der Waals surface area contributed by atoms with Crippen molar-refractivity contribution in [2.45, 2.75) is 33.7 Å². The molecular formula is C22H24N6O2. The lowest BCUT2D eigenvalue weighted by molar-refractivity contribution is -0.115. The van der Waals surface area contributed by atoms with E-state index in [0.29, 0.717) is 11.8 Å². The van der Waals surface area contributed by atoms with Gasteiger partial charge in [-0.1, -0.05) is 18.2 Å². The Morgan fingerprint density at radius 3 is 2.53 bits per heavy atom. The van der Waals surface area contributed by atoms with E-state index in [0.717, 1.165) is 33.8 Å². The first kappa shape index (κ1) is 19.8.